The van der Waals surface area contributed by atoms with Gasteiger partial charge in [0.1, 0.15) is 5.75 Å². The minimum Gasteiger partial charge on any atom is -0.493 e. The second kappa shape index (κ2) is 12.1. The van der Waals surface area contributed by atoms with E-state index < -0.39 is 17.7 Å². The van der Waals surface area contributed by atoms with Crippen molar-refractivity contribution in [3.63, 3.8) is 0 Å². The Morgan fingerprint density at radius 3 is 2.75 bits per heavy atom. The van der Waals surface area contributed by atoms with Gasteiger partial charge in [0.15, 0.2) is 0 Å². The number of carboxylic acids is 1. The Kier molecular flexibility index (Phi) is 9.82. The summed E-state index contributed by atoms with van der Waals surface area (Å²) in [5, 5.41) is 19.1. The number of unbranched alkanes of at least 4 members (excludes halogenated alkanes) is 1. The summed E-state index contributed by atoms with van der Waals surface area (Å²) in [6.07, 6.45) is 6.23. The lowest BCUT2D eigenvalue weighted by Gasteiger charge is -2.20. The van der Waals surface area contributed by atoms with Gasteiger partial charge in [-0.15, -0.1) is 0 Å². The van der Waals surface area contributed by atoms with Crippen LogP contribution in [0, 0.1) is 23.7 Å². The molecule has 0 radical (unpaired) electrons. The summed E-state index contributed by atoms with van der Waals surface area (Å²) >= 11 is 0. The Morgan fingerprint density at radius 1 is 1.31 bits per heavy atom. The lowest BCUT2D eigenvalue weighted by atomic mass is 9.86. The van der Waals surface area contributed by atoms with Gasteiger partial charge in [0.2, 0.25) is 0 Å². The average Bonchev–Trinajstić information content (AvgIpc) is 2.99. The molecule has 1 saturated carbocycles. The molecule has 0 saturated heterocycles. The molecule has 2 N–H and O–H groups in total. The van der Waals surface area contributed by atoms with Crippen LogP contribution in [0.4, 0.5) is 13.2 Å². The molecule has 5 unspecified atom stereocenters. The third kappa shape index (κ3) is 8.34. The van der Waals surface area contributed by atoms with Crippen LogP contribution in [0.1, 0.15) is 51.5 Å². The second-order valence-corrected chi connectivity index (χ2v) is 8.71. The number of carbonyl (C=O) groups is 1. The number of hydrogen-bond donors (Lipinski definition) is 2. The predicted molar refractivity (Wildman–Crippen MR) is 117 cm³/mol. The van der Waals surface area contributed by atoms with Gasteiger partial charge in [-0.25, -0.2) is 0 Å². The fraction of sp³-hybridized carbons (Fsp3) is 0.560. The molecule has 4 nitrogen and oxygen atoms in total. The second-order valence-electron chi connectivity index (χ2n) is 8.71. The van der Waals surface area contributed by atoms with Crippen molar-refractivity contribution in [2.24, 2.45) is 23.7 Å². The predicted octanol–water partition coefficient (Wildman–Crippen LogP) is 6.11. The first-order chi connectivity index (χ1) is 15.1. The normalized spacial score (nSPS) is 24.9. The van der Waals surface area contributed by atoms with Gasteiger partial charge in [0, 0.05) is 12.3 Å². The van der Waals surface area contributed by atoms with Crippen molar-refractivity contribution in [3.05, 3.63) is 54.1 Å². The monoisotopic (exact) mass is 454 g/mol. The van der Waals surface area contributed by atoms with Crippen LogP contribution in [-0.4, -0.2) is 28.9 Å². The highest BCUT2D eigenvalue weighted by Crippen LogP contribution is 2.40. The van der Waals surface area contributed by atoms with Gasteiger partial charge in [-0.1, -0.05) is 44.2 Å². The maximum absolute atomic E-state index is 12.8. The van der Waals surface area contributed by atoms with Crippen LogP contribution in [0.25, 0.3) is 0 Å². The molecule has 0 heterocycles. The van der Waals surface area contributed by atoms with Gasteiger partial charge in [-0.2, -0.15) is 13.2 Å². The zero-order valence-corrected chi connectivity index (χ0v) is 18.6. The third-order valence-corrected chi connectivity index (χ3v) is 5.93. The molecular formula is C25H33F3O4. The molecule has 5 atom stereocenters. The molecule has 0 aromatic heterocycles. The summed E-state index contributed by atoms with van der Waals surface area (Å²) in [6, 6.07) is 4.87. The first-order valence-electron chi connectivity index (χ1n) is 11.1. The zero-order valence-electron chi connectivity index (χ0n) is 18.6. The number of halogens is 3. The molecule has 2 rings (SSSR count). The largest absolute Gasteiger partial charge is 0.493 e. The number of ether oxygens (including phenoxy) is 1. The summed E-state index contributed by atoms with van der Waals surface area (Å²) in [5.41, 5.74) is -0.731. The Morgan fingerprint density at radius 2 is 2.06 bits per heavy atom. The van der Waals surface area contributed by atoms with E-state index in [9.17, 15) is 23.1 Å². The van der Waals surface area contributed by atoms with Gasteiger partial charge in [0.05, 0.1) is 18.3 Å². The Hall–Kier alpha value is -2.28. The van der Waals surface area contributed by atoms with Crippen LogP contribution in [0.5, 0.6) is 5.75 Å². The molecule has 1 fully saturated rings. The summed E-state index contributed by atoms with van der Waals surface area (Å²) in [7, 11) is 0. The van der Waals surface area contributed by atoms with Crippen LogP contribution in [0.3, 0.4) is 0 Å². The zero-order chi connectivity index (χ0) is 23.7. The van der Waals surface area contributed by atoms with E-state index in [0.29, 0.717) is 18.8 Å². The minimum atomic E-state index is -4.40. The maximum atomic E-state index is 12.8. The van der Waals surface area contributed by atoms with Crippen molar-refractivity contribution >= 4 is 5.97 Å². The first-order valence-corrected chi connectivity index (χ1v) is 11.1. The standard InChI is InChI=1S/C25H33F3O4/c1-17(16-32-20-9-7-8-19(15-20)25(26,27)28)12-13-21-18(2)14-23(29)22(21)10-5-3-4-6-11-24(30)31/h3,5,7-9,12-13,15,17-18,21-23,29H,4,6,10-11,14,16H2,1-2H3,(H,30,31). The Bertz CT molecular complexity index is 788. The fourth-order valence-corrected chi connectivity index (χ4v) is 4.14. The highest BCUT2D eigenvalue weighted by molar-refractivity contribution is 5.66. The first kappa shape index (κ1) is 26.0. The van der Waals surface area contributed by atoms with E-state index in [-0.39, 0.29) is 42.6 Å². The van der Waals surface area contributed by atoms with E-state index in [1.807, 2.05) is 25.2 Å². The van der Waals surface area contributed by atoms with E-state index >= 15 is 0 Å². The molecule has 32 heavy (non-hydrogen) atoms. The van der Waals surface area contributed by atoms with Crippen LogP contribution >= 0.6 is 0 Å². The van der Waals surface area contributed by atoms with Crippen LogP contribution in [0.2, 0.25) is 0 Å². The van der Waals surface area contributed by atoms with Crippen LogP contribution in [-0.2, 0) is 11.0 Å². The SMILES string of the molecule is CC(C=CC1C(C)CC(O)C1CC=CCCCC(=O)O)COc1cccc(C(F)(F)F)c1. The Balaban J connectivity index is 1.87. The number of carboxylic acid groups (broad SMARTS) is 1. The number of aliphatic hydroxyl groups is 1. The van der Waals surface area contributed by atoms with Gasteiger partial charge < -0.3 is 14.9 Å². The molecule has 0 bridgehead atoms. The molecule has 7 heteroatoms. The van der Waals surface area contributed by atoms with Crippen molar-refractivity contribution in [3.8, 4) is 5.75 Å². The third-order valence-electron chi connectivity index (χ3n) is 5.93. The average molecular weight is 455 g/mol. The van der Waals surface area contributed by atoms with Crippen molar-refractivity contribution in [2.75, 3.05) is 6.61 Å². The molecule has 1 aromatic carbocycles. The highest BCUT2D eigenvalue weighted by atomic mass is 19.4. The Labute approximate surface area is 187 Å². The van der Waals surface area contributed by atoms with Gasteiger partial charge in [-0.05, 0) is 61.6 Å². The van der Waals surface area contributed by atoms with E-state index in [1.54, 1.807) is 0 Å². The summed E-state index contributed by atoms with van der Waals surface area (Å²) in [6.45, 7) is 4.31. The smallest absolute Gasteiger partial charge is 0.416 e. The molecule has 1 aliphatic rings. The summed E-state index contributed by atoms with van der Waals surface area (Å²) in [4.78, 5) is 10.6. The minimum absolute atomic E-state index is 0.00157. The molecule has 0 spiro atoms. The highest BCUT2D eigenvalue weighted by Gasteiger charge is 2.37. The molecule has 1 aliphatic carbocycles. The topological polar surface area (TPSA) is 66.8 Å². The van der Waals surface area contributed by atoms with Gasteiger partial charge in [-0.3, -0.25) is 4.79 Å². The number of aliphatic hydroxyl groups excluding tert-OH is 1. The van der Waals surface area contributed by atoms with Gasteiger partial charge >= 0.3 is 12.1 Å². The van der Waals surface area contributed by atoms with Crippen LogP contribution < -0.4 is 4.74 Å². The van der Waals surface area contributed by atoms with Crippen molar-refractivity contribution in [2.45, 2.75) is 58.2 Å². The van der Waals surface area contributed by atoms with Gasteiger partial charge in [0.25, 0.3) is 0 Å². The molecule has 178 valence electrons. The molecule has 0 amide bonds. The summed E-state index contributed by atoms with van der Waals surface area (Å²) < 4.78 is 44.1. The van der Waals surface area contributed by atoms with E-state index in [4.69, 9.17) is 9.84 Å². The fourth-order valence-electron chi connectivity index (χ4n) is 4.14. The quantitative estimate of drug-likeness (QED) is 0.313. The lowest BCUT2D eigenvalue weighted by molar-refractivity contribution is -0.138. The number of rotatable bonds is 11. The van der Waals surface area contributed by atoms with Crippen molar-refractivity contribution in [1.82, 2.24) is 0 Å². The lowest BCUT2D eigenvalue weighted by Crippen LogP contribution is -2.18. The van der Waals surface area contributed by atoms with Crippen molar-refractivity contribution in [1.29, 1.82) is 0 Å². The van der Waals surface area contributed by atoms with Crippen molar-refractivity contribution < 1.29 is 32.9 Å². The number of allylic oxidation sites excluding steroid dienone is 3. The van der Waals surface area contributed by atoms with E-state index in [2.05, 4.69) is 13.0 Å². The summed E-state index contributed by atoms with van der Waals surface area (Å²) in [5.74, 6) is 0.00798. The number of hydrogen-bond acceptors (Lipinski definition) is 3. The molecule has 0 aliphatic heterocycles. The van der Waals surface area contributed by atoms with Crippen LogP contribution in [0.15, 0.2) is 48.6 Å². The molecular weight excluding hydrogens is 421 g/mol. The number of alkyl halides is 3. The molecule has 1 aromatic rings. The number of benzene rings is 1. The van der Waals surface area contributed by atoms with E-state index in [1.165, 1.54) is 12.1 Å². The van der Waals surface area contributed by atoms with E-state index in [0.717, 1.165) is 25.0 Å². The number of aliphatic carboxylic acids is 1. The maximum Gasteiger partial charge on any atom is 0.416 e.